The van der Waals surface area contributed by atoms with Gasteiger partial charge in [-0.1, -0.05) is 39.0 Å². The third-order valence-corrected chi connectivity index (χ3v) is 4.42. The molecular weight excluding hydrogens is 252 g/mol. The molecule has 0 N–H and O–H groups in total. The predicted molar refractivity (Wildman–Crippen MR) is 81.0 cm³/mol. The van der Waals surface area contributed by atoms with E-state index in [0.717, 1.165) is 11.3 Å². The van der Waals surface area contributed by atoms with Gasteiger partial charge in [-0.2, -0.15) is 0 Å². The van der Waals surface area contributed by atoms with E-state index in [2.05, 4.69) is 20.8 Å². The topological polar surface area (TPSA) is 35.5 Å². The Kier molecular flexibility index (Phi) is 5.61. The SMILES string of the molecule is CCOC(=O)C(C)(C(C)C)C(C)c1ccccc1OC. The Morgan fingerprint density at radius 3 is 2.35 bits per heavy atom. The Morgan fingerprint density at radius 2 is 1.85 bits per heavy atom. The molecule has 0 aromatic heterocycles. The number of hydrogen-bond acceptors (Lipinski definition) is 3. The molecule has 1 aromatic rings. The van der Waals surface area contributed by atoms with E-state index < -0.39 is 5.41 Å². The molecule has 0 bridgehead atoms. The number of esters is 1. The Labute approximate surface area is 122 Å². The Balaban J connectivity index is 3.24. The first kappa shape index (κ1) is 16.5. The first-order chi connectivity index (χ1) is 9.39. The van der Waals surface area contributed by atoms with Crippen molar-refractivity contribution in [3.05, 3.63) is 29.8 Å². The van der Waals surface area contributed by atoms with E-state index in [1.165, 1.54) is 0 Å². The number of ether oxygens (including phenoxy) is 2. The molecular formula is C17H26O3. The summed E-state index contributed by atoms with van der Waals surface area (Å²) in [5.74, 6) is 0.851. The molecule has 2 atom stereocenters. The zero-order valence-corrected chi connectivity index (χ0v) is 13.4. The van der Waals surface area contributed by atoms with E-state index in [0.29, 0.717) is 6.61 Å². The highest BCUT2D eigenvalue weighted by atomic mass is 16.5. The lowest BCUT2D eigenvalue weighted by atomic mass is 9.67. The van der Waals surface area contributed by atoms with Gasteiger partial charge in [0.1, 0.15) is 5.75 Å². The van der Waals surface area contributed by atoms with Crippen molar-refractivity contribution in [1.29, 1.82) is 0 Å². The molecule has 1 rings (SSSR count). The molecule has 2 unspecified atom stereocenters. The fourth-order valence-corrected chi connectivity index (χ4v) is 2.55. The van der Waals surface area contributed by atoms with Crippen molar-refractivity contribution in [2.45, 2.75) is 40.5 Å². The van der Waals surface area contributed by atoms with Gasteiger partial charge in [0.2, 0.25) is 0 Å². The van der Waals surface area contributed by atoms with Gasteiger partial charge in [-0.25, -0.2) is 0 Å². The summed E-state index contributed by atoms with van der Waals surface area (Å²) in [6.07, 6.45) is 0. The number of methoxy groups -OCH3 is 1. The smallest absolute Gasteiger partial charge is 0.312 e. The van der Waals surface area contributed by atoms with E-state index in [4.69, 9.17) is 9.47 Å². The summed E-state index contributed by atoms with van der Waals surface area (Å²) in [5.41, 5.74) is 0.462. The lowest BCUT2D eigenvalue weighted by Crippen LogP contribution is -2.39. The molecule has 0 aliphatic rings. The maximum absolute atomic E-state index is 12.5. The van der Waals surface area contributed by atoms with Gasteiger partial charge in [0, 0.05) is 5.92 Å². The minimum atomic E-state index is -0.579. The van der Waals surface area contributed by atoms with E-state index in [1.807, 2.05) is 38.1 Å². The van der Waals surface area contributed by atoms with Crippen LogP contribution in [-0.4, -0.2) is 19.7 Å². The zero-order valence-electron chi connectivity index (χ0n) is 13.4. The minimum Gasteiger partial charge on any atom is -0.496 e. The van der Waals surface area contributed by atoms with Gasteiger partial charge >= 0.3 is 5.97 Å². The quantitative estimate of drug-likeness (QED) is 0.737. The van der Waals surface area contributed by atoms with Gasteiger partial charge in [0.05, 0.1) is 19.1 Å². The zero-order chi connectivity index (χ0) is 15.3. The van der Waals surface area contributed by atoms with E-state index in [1.54, 1.807) is 7.11 Å². The summed E-state index contributed by atoms with van der Waals surface area (Å²) in [5, 5.41) is 0. The lowest BCUT2D eigenvalue weighted by molar-refractivity contribution is -0.158. The van der Waals surface area contributed by atoms with Crippen molar-refractivity contribution in [1.82, 2.24) is 0 Å². The summed E-state index contributed by atoms with van der Waals surface area (Å²) in [6, 6.07) is 7.85. The van der Waals surface area contributed by atoms with Crippen LogP contribution in [0.3, 0.4) is 0 Å². The minimum absolute atomic E-state index is 0.0118. The van der Waals surface area contributed by atoms with Crippen LogP contribution in [0.5, 0.6) is 5.75 Å². The molecule has 0 heterocycles. The van der Waals surface area contributed by atoms with Gasteiger partial charge in [0.25, 0.3) is 0 Å². The van der Waals surface area contributed by atoms with Gasteiger partial charge in [-0.3, -0.25) is 4.79 Å². The fraction of sp³-hybridized carbons (Fsp3) is 0.588. The molecule has 3 nitrogen and oxygen atoms in total. The predicted octanol–water partition coefficient (Wildman–Crippen LogP) is 4.02. The summed E-state index contributed by atoms with van der Waals surface area (Å²) in [7, 11) is 1.66. The van der Waals surface area contributed by atoms with Crippen molar-refractivity contribution in [2.24, 2.45) is 11.3 Å². The van der Waals surface area contributed by atoms with Crippen LogP contribution in [0.1, 0.15) is 46.1 Å². The Hall–Kier alpha value is -1.51. The number of para-hydroxylation sites is 1. The largest absolute Gasteiger partial charge is 0.496 e. The highest BCUT2D eigenvalue weighted by Crippen LogP contribution is 2.45. The molecule has 0 fully saturated rings. The molecule has 0 saturated carbocycles. The van der Waals surface area contributed by atoms with Crippen molar-refractivity contribution in [3.63, 3.8) is 0 Å². The summed E-state index contributed by atoms with van der Waals surface area (Å²) in [6.45, 7) is 10.4. The van der Waals surface area contributed by atoms with Gasteiger partial charge in [-0.05, 0) is 31.4 Å². The average molecular weight is 278 g/mol. The molecule has 3 heteroatoms. The maximum Gasteiger partial charge on any atom is 0.312 e. The number of rotatable bonds is 6. The maximum atomic E-state index is 12.5. The van der Waals surface area contributed by atoms with Crippen LogP contribution in [0.2, 0.25) is 0 Å². The van der Waals surface area contributed by atoms with E-state index in [9.17, 15) is 4.79 Å². The molecule has 0 radical (unpaired) electrons. The normalized spacial score (nSPS) is 15.6. The molecule has 0 amide bonds. The second kappa shape index (κ2) is 6.78. The Morgan fingerprint density at radius 1 is 1.25 bits per heavy atom. The number of benzene rings is 1. The number of carbonyl (C=O) groups excluding carboxylic acids is 1. The van der Waals surface area contributed by atoms with Gasteiger partial charge in [-0.15, -0.1) is 0 Å². The van der Waals surface area contributed by atoms with Crippen LogP contribution in [0.15, 0.2) is 24.3 Å². The fourth-order valence-electron chi connectivity index (χ4n) is 2.55. The molecule has 112 valence electrons. The van der Waals surface area contributed by atoms with Crippen LogP contribution in [0.25, 0.3) is 0 Å². The highest BCUT2D eigenvalue weighted by Gasteiger charge is 2.44. The van der Waals surface area contributed by atoms with Crippen LogP contribution >= 0.6 is 0 Å². The average Bonchev–Trinajstić information content (AvgIpc) is 2.45. The summed E-state index contributed by atoms with van der Waals surface area (Å²) >= 11 is 0. The number of carbonyl (C=O) groups is 1. The van der Waals surface area contributed by atoms with Crippen molar-refractivity contribution < 1.29 is 14.3 Å². The molecule has 1 aromatic carbocycles. The van der Waals surface area contributed by atoms with Crippen LogP contribution in [0.4, 0.5) is 0 Å². The van der Waals surface area contributed by atoms with Crippen LogP contribution in [-0.2, 0) is 9.53 Å². The second-order valence-electron chi connectivity index (χ2n) is 5.62. The summed E-state index contributed by atoms with van der Waals surface area (Å²) < 4.78 is 10.7. The lowest BCUT2D eigenvalue weighted by Gasteiger charge is -2.37. The van der Waals surface area contributed by atoms with Crippen molar-refractivity contribution >= 4 is 5.97 Å². The first-order valence-electron chi connectivity index (χ1n) is 7.19. The summed E-state index contributed by atoms with van der Waals surface area (Å²) in [4.78, 5) is 12.5. The molecule has 0 spiro atoms. The van der Waals surface area contributed by atoms with Gasteiger partial charge < -0.3 is 9.47 Å². The van der Waals surface area contributed by atoms with Crippen molar-refractivity contribution in [3.8, 4) is 5.75 Å². The second-order valence-corrected chi connectivity index (χ2v) is 5.62. The third-order valence-electron chi connectivity index (χ3n) is 4.42. The monoisotopic (exact) mass is 278 g/mol. The standard InChI is InChI=1S/C17H26O3/c1-7-20-16(18)17(5,12(2)3)13(4)14-10-8-9-11-15(14)19-6/h8-13H,7H2,1-6H3. The third kappa shape index (κ3) is 2.97. The Bertz CT molecular complexity index is 453. The number of hydrogen-bond donors (Lipinski definition) is 0. The van der Waals surface area contributed by atoms with E-state index in [-0.39, 0.29) is 17.8 Å². The molecule has 20 heavy (non-hydrogen) atoms. The van der Waals surface area contributed by atoms with Gasteiger partial charge in [0.15, 0.2) is 0 Å². The first-order valence-corrected chi connectivity index (χ1v) is 7.19. The van der Waals surface area contributed by atoms with Crippen molar-refractivity contribution in [2.75, 3.05) is 13.7 Å². The molecule has 0 aliphatic heterocycles. The van der Waals surface area contributed by atoms with E-state index >= 15 is 0 Å². The van der Waals surface area contributed by atoms with Crippen LogP contribution < -0.4 is 4.74 Å². The molecule has 0 aliphatic carbocycles. The highest BCUT2D eigenvalue weighted by molar-refractivity contribution is 5.78. The molecule has 0 saturated heterocycles. The van der Waals surface area contributed by atoms with Crippen LogP contribution in [0, 0.1) is 11.3 Å².